The monoisotopic (exact) mass is 321 g/mol. The maximum absolute atomic E-state index is 11.9. The highest BCUT2D eigenvalue weighted by molar-refractivity contribution is 5.89. The number of hydrogen-bond acceptors (Lipinski definition) is 3. The third-order valence-electron chi connectivity index (χ3n) is 3.71. The summed E-state index contributed by atoms with van der Waals surface area (Å²) >= 11 is 0. The zero-order chi connectivity index (χ0) is 16.9. The zero-order valence-electron chi connectivity index (χ0n) is 13.7. The SMILES string of the molecule is Cc1nc(-c2ccc(NC(=O)NCc3ccccc3)cc2)oc1C. The molecule has 3 rings (SSSR count). The van der Waals surface area contributed by atoms with E-state index in [1.807, 2.05) is 68.4 Å². The topological polar surface area (TPSA) is 67.2 Å². The van der Waals surface area contributed by atoms with Crippen molar-refractivity contribution in [1.29, 1.82) is 0 Å². The number of aromatic nitrogens is 1. The number of nitrogens with zero attached hydrogens (tertiary/aromatic N) is 1. The van der Waals surface area contributed by atoms with Crippen molar-refractivity contribution in [3.8, 4) is 11.5 Å². The smallest absolute Gasteiger partial charge is 0.319 e. The highest BCUT2D eigenvalue weighted by Crippen LogP contribution is 2.22. The molecule has 0 saturated heterocycles. The second kappa shape index (κ2) is 7.00. The summed E-state index contributed by atoms with van der Waals surface area (Å²) in [6, 6.07) is 16.9. The van der Waals surface area contributed by atoms with Gasteiger partial charge in [0.2, 0.25) is 5.89 Å². The van der Waals surface area contributed by atoms with Gasteiger partial charge >= 0.3 is 6.03 Å². The minimum Gasteiger partial charge on any atom is -0.441 e. The molecule has 24 heavy (non-hydrogen) atoms. The molecule has 122 valence electrons. The van der Waals surface area contributed by atoms with Crippen molar-refractivity contribution in [3.63, 3.8) is 0 Å². The van der Waals surface area contributed by atoms with Crippen molar-refractivity contribution in [2.24, 2.45) is 0 Å². The van der Waals surface area contributed by atoms with E-state index < -0.39 is 0 Å². The number of benzene rings is 2. The Morgan fingerprint density at radius 2 is 1.75 bits per heavy atom. The van der Waals surface area contributed by atoms with Crippen LogP contribution in [0.25, 0.3) is 11.5 Å². The number of anilines is 1. The Kier molecular flexibility index (Phi) is 4.61. The molecule has 5 nitrogen and oxygen atoms in total. The van der Waals surface area contributed by atoms with Crippen molar-refractivity contribution in [3.05, 3.63) is 71.6 Å². The highest BCUT2D eigenvalue weighted by atomic mass is 16.4. The molecule has 1 heterocycles. The van der Waals surface area contributed by atoms with Crippen LogP contribution in [0.5, 0.6) is 0 Å². The van der Waals surface area contributed by atoms with Gasteiger partial charge in [-0.05, 0) is 43.7 Å². The Balaban J connectivity index is 1.58. The highest BCUT2D eigenvalue weighted by Gasteiger charge is 2.08. The predicted octanol–water partition coefficient (Wildman–Crippen LogP) is 4.28. The number of aryl methyl sites for hydroxylation is 2. The average molecular weight is 321 g/mol. The molecule has 0 spiro atoms. The normalized spacial score (nSPS) is 10.4. The third kappa shape index (κ3) is 3.81. The Morgan fingerprint density at radius 3 is 2.38 bits per heavy atom. The van der Waals surface area contributed by atoms with Crippen molar-refractivity contribution < 1.29 is 9.21 Å². The van der Waals surface area contributed by atoms with Gasteiger partial charge in [-0.15, -0.1) is 0 Å². The van der Waals surface area contributed by atoms with Crippen molar-refractivity contribution in [2.75, 3.05) is 5.32 Å². The van der Waals surface area contributed by atoms with Gasteiger partial charge in [0.25, 0.3) is 0 Å². The summed E-state index contributed by atoms with van der Waals surface area (Å²) in [7, 11) is 0. The molecule has 5 heteroatoms. The van der Waals surface area contributed by atoms with E-state index in [0.717, 1.165) is 22.6 Å². The van der Waals surface area contributed by atoms with Gasteiger partial charge in [-0.1, -0.05) is 30.3 Å². The lowest BCUT2D eigenvalue weighted by molar-refractivity contribution is 0.251. The number of amides is 2. The lowest BCUT2D eigenvalue weighted by Gasteiger charge is -2.08. The maximum Gasteiger partial charge on any atom is 0.319 e. The fourth-order valence-electron chi connectivity index (χ4n) is 2.25. The molecule has 0 unspecified atom stereocenters. The fourth-order valence-corrected chi connectivity index (χ4v) is 2.25. The van der Waals surface area contributed by atoms with Gasteiger partial charge in [-0.2, -0.15) is 0 Å². The van der Waals surface area contributed by atoms with Gasteiger partial charge in [0.1, 0.15) is 5.76 Å². The van der Waals surface area contributed by atoms with Gasteiger partial charge in [0, 0.05) is 17.8 Å². The molecule has 0 aliphatic carbocycles. The van der Waals surface area contributed by atoms with Crippen molar-refractivity contribution >= 4 is 11.7 Å². The van der Waals surface area contributed by atoms with Crippen LogP contribution in [0.2, 0.25) is 0 Å². The molecule has 0 atom stereocenters. The Hall–Kier alpha value is -3.08. The Labute approximate surface area is 140 Å². The minimum atomic E-state index is -0.241. The number of carbonyl (C=O) groups is 1. The van der Waals surface area contributed by atoms with E-state index in [1.165, 1.54) is 0 Å². The van der Waals surface area contributed by atoms with Crippen LogP contribution in [0.1, 0.15) is 17.0 Å². The van der Waals surface area contributed by atoms with Crippen LogP contribution in [0.15, 0.2) is 59.0 Å². The number of carbonyl (C=O) groups excluding carboxylic acids is 1. The number of urea groups is 1. The van der Waals surface area contributed by atoms with E-state index in [4.69, 9.17) is 4.42 Å². The molecule has 2 amide bonds. The second-order valence-corrected chi connectivity index (χ2v) is 5.53. The number of hydrogen-bond donors (Lipinski definition) is 2. The molecule has 0 aliphatic rings. The van der Waals surface area contributed by atoms with E-state index in [1.54, 1.807) is 0 Å². The first-order valence-corrected chi connectivity index (χ1v) is 7.75. The molecular formula is C19H19N3O2. The van der Waals surface area contributed by atoms with E-state index in [9.17, 15) is 4.79 Å². The van der Waals surface area contributed by atoms with Crippen molar-refractivity contribution in [2.45, 2.75) is 20.4 Å². The lowest BCUT2D eigenvalue weighted by atomic mass is 10.2. The quantitative estimate of drug-likeness (QED) is 0.753. The average Bonchev–Trinajstić information content (AvgIpc) is 2.94. The fraction of sp³-hybridized carbons (Fsp3) is 0.158. The van der Waals surface area contributed by atoms with E-state index in [-0.39, 0.29) is 6.03 Å². The van der Waals surface area contributed by atoms with Crippen LogP contribution in [0.3, 0.4) is 0 Å². The second-order valence-electron chi connectivity index (χ2n) is 5.53. The summed E-state index contributed by atoms with van der Waals surface area (Å²) in [5.74, 6) is 1.40. The molecule has 0 saturated carbocycles. The third-order valence-corrected chi connectivity index (χ3v) is 3.71. The van der Waals surface area contributed by atoms with Gasteiger partial charge < -0.3 is 15.1 Å². The Bertz CT molecular complexity index is 804. The Morgan fingerprint density at radius 1 is 1.04 bits per heavy atom. The lowest BCUT2D eigenvalue weighted by Crippen LogP contribution is -2.28. The molecule has 0 aliphatic heterocycles. The summed E-state index contributed by atoms with van der Waals surface area (Å²) in [6.45, 7) is 4.29. The molecule has 0 bridgehead atoms. The van der Waals surface area contributed by atoms with Gasteiger partial charge in [-0.3, -0.25) is 0 Å². The first-order chi connectivity index (χ1) is 11.6. The standard InChI is InChI=1S/C19H19N3O2/c1-13-14(2)24-18(21-13)16-8-10-17(11-9-16)22-19(23)20-12-15-6-4-3-5-7-15/h3-11H,12H2,1-2H3,(H2,20,22,23). The molecule has 2 N–H and O–H groups in total. The number of nitrogens with one attached hydrogen (secondary N) is 2. The van der Waals surface area contributed by atoms with Gasteiger partial charge in [-0.25, -0.2) is 9.78 Å². The first kappa shape index (κ1) is 15.8. The van der Waals surface area contributed by atoms with Crippen LogP contribution in [0, 0.1) is 13.8 Å². The molecule has 3 aromatic rings. The largest absolute Gasteiger partial charge is 0.441 e. The van der Waals surface area contributed by atoms with Crippen LogP contribution < -0.4 is 10.6 Å². The summed E-state index contributed by atoms with van der Waals surface area (Å²) in [5, 5.41) is 5.63. The molecule has 0 fully saturated rings. The van der Waals surface area contributed by atoms with Gasteiger partial charge in [0.05, 0.1) is 5.69 Å². The van der Waals surface area contributed by atoms with Crippen LogP contribution in [-0.2, 0) is 6.54 Å². The zero-order valence-corrected chi connectivity index (χ0v) is 13.7. The van der Waals surface area contributed by atoms with Crippen LogP contribution >= 0.6 is 0 Å². The summed E-state index contributed by atoms with van der Waals surface area (Å²) in [5.41, 5.74) is 3.52. The predicted molar refractivity (Wildman–Crippen MR) is 93.7 cm³/mol. The summed E-state index contributed by atoms with van der Waals surface area (Å²) in [4.78, 5) is 16.3. The molecule has 1 aromatic heterocycles. The van der Waals surface area contributed by atoms with Gasteiger partial charge in [0.15, 0.2) is 0 Å². The number of oxazole rings is 1. The minimum absolute atomic E-state index is 0.241. The van der Waals surface area contributed by atoms with Crippen molar-refractivity contribution in [1.82, 2.24) is 10.3 Å². The molecule has 0 radical (unpaired) electrons. The molecular weight excluding hydrogens is 302 g/mol. The van der Waals surface area contributed by atoms with Crippen LogP contribution in [-0.4, -0.2) is 11.0 Å². The maximum atomic E-state index is 11.9. The van der Waals surface area contributed by atoms with Crippen LogP contribution in [0.4, 0.5) is 10.5 Å². The number of rotatable bonds is 4. The summed E-state index contributed by atoms with van der Waals surface area (Å²) in [6.07, 6.45) is 0. The van der Waals surface area contributed by atoms with E-state index >= 15 is 0 Å². The first-order valence-electron chi connectivity index (χ1n) is 7.75. The van der Waals surface area contributed by atoms with E-state index in [2.05, 4.69) is 15.6 Å². The van der Waals surface area contributed by atoms with E-state index in [0.29, 0.717) is 18.1 Å². The molecule has 2 aromatic carbocycles. The summed E-state index contributed by atoms with van der Waals surface area (Å²) < 4.78 is 5.60.